The van der Waals surface area contributed by atoms with Crippen molar-refractivity contribution in [3.63, 3.8) is 0 Å². The van der Waals surface area contributed by atoms with Crippen LogP contribution >= 0.6 is 0 Å². The van der Waals surface area contributed by atoms with Crippen molar-refractivity contribution in [1.29, 1.82) is 0 Å². The van der Waals surface area contributed by atoms with Crippen molar-refractivity contribution in [3.8, 4) is 0 Å². The lowest BCUT2D eigenvalue weighted by Crippen LogP contribution is -2.40. The molecule has 116 valence electrons. The Morgan fingerprint density at radius 1 is 1.43 bits per heavy atom. The van der Waals surface area contributed by atoms with Crippen molar-refractivity contribution in [2.75, 3.05) is 26.7 Å². The molecule has 4 nitrogen and oxygen atoms in total. The summed E-state index contributed by atoms with van der Waals surface area (Å²) in [5.41, 5.74) is 8.19. The number of likely N-dealkylation sites (tertiary alicyclic amines) is 1. The van der Waals surface area contributed by atoms with Crippen LogP contribution in [0.15, 0.2) is 24.3 Å². The molecule has 0 aromatic heterocycles. The predicted molar refractivity (Wildman–Crippen MR) is 85.8 cm³/mol. The van der Waals surface area contributed by atoms with E-state index in [0.717, 1.165) is 13.0 Å². The molecule has 2 rings (SSSR count). The number of hydrogen-bond donors (Lipinski definition) is 1. The van der Waals surface area contributed by atoms with Crippen LogP contribution in [-0.2, 0) is 11.3 Å². The maximum absolute atomic E-state index is 12.4. The monoisotopic (exact) mass is 289 g/mol. The highest BCUT2D eigenvalue weighted by Gasteiger charge is 2.29. The molecule has 21 heavy (non-hydrogen) atoms. The van der Waals surface area contributed by atoms with Crippen LogP contribution in [0.5, 0.6) is 0 Å². The summed E-state index contributed by atoms with van der Waals surface area (Å²) in [4.78, 5) is 16.5. The number of nitrogens with zero attached hydrogens (tertiary/aromatic N) is 2. The molecular formula is C17H27N3O. The van der Waals surface area contributed by atoms with Crippen LogP contribution < -0.4 is 5.73 Å². The van der Waals surface area contributed by atoms with Gasteiger partial charge < -0.3 is 10.6 Å². The van der Waals surface area contributed by atoms with Gasteiger partial charge in [0, 0.05) is 26.2 Å². The molecule has 0 spiro atoms. The average molecular weight is 289 g/mol. The fraction of sp³-hybridized carbons (Fsp3) is 0.588. The van der Waals surface area contributed by atoms with Crippen LogP contribution in [0, 0.1) is 12.8 Å². The summed E-state index contributed by atoms with van der Waals surface area (Å²) in [6, 6.07) is 8.67. The first kappa shape index (κ1) is 16.0. The van der Waals surface area contributed by atoms with E-state index in [9.17, 15) is 4.79 Å². The van der Waals surface area contributed by atoms with E-state index in [1.54, 1.807) is 0 Å². The molecule has 1 aromatic rings. The van der Waals surface area contributed by atoms with Crippen molar-refractivity contribution in [1.82, 2.24) is 9.80 Å². The zero-order valence-electron chi connectivity index (χ0n) is 13.4. The lowest BCUT2D eigenvalue weighted by Gasteiger charge is -2.25. The Kier molecular flexibility index (Phi) is 5.37. The molecular weight excluding hydrogens is 262 g/mol. The van der Waals surface area contributed by atoms with Crippen LogP contribution in [0.1, 0.15) is 24.5 Å². The number of hydrogen-bond acceptors (Lipinski definition) is 3. The number of carbonyl (C=O) groups excluding carboxylic acids is 1. The lowest BCUT2D eigenvalue weighted by atomic mass is 10.1. The van der Waals surface area contributed by atoms with Crippen molar-refractivity contribution in [3.05, 3.63) is 35.4 Å². The second kappa shape index (κ2) is 7.05. The van der Waals surface area contributed by atoms with Gasteiger partial charge in [-0.1, -0.05) is 24.3 Å². The molecule has 1 aromatic carbocycles. The molecule has 1 saturated heterocycles. The minimum Gasteiger partial charge on any atom is -0.340 e. The van der Waals surface area contributed by atoms with E-state index in [1.165, 1.54) is 11.1 Å². The normalized spacial score (nSPS) is 22.5. The summed E-state index contributed by atoms with van der Waals surface area (Å²) in [5.74, 6) is 0.720. The zero-order valence-corrected chi connectivity index (χ0v) is 13.4. The van der Waals surface area contributed by atoms with Gasteiger partial charge in [0.25, 0.3) is 0 Å². The maximum atomic E-state index is 12.4. The van der Waals surface area contributed by atoms with Gasteiger partial charge in [0.1, 0.15) is 0 Å². The Bertz CT molecular complexity index is 489. The van der Waals surface area contributed by atoms with E-state index in [1.807, 2.05) is 24.1 Å². The van der Waals surface area contributed by atoms with Gasteiger partial charge in [0.05, 0.1) is 6.54 Å². The fourth-order valence-electron chi connectivity index (χ4n) is 3.03. The number of nitrogens with two attached hydrogens (primary N) is 1. The third-order valence-electron chi connectivity index (χ3n) is 4.56. The first-order valence-electron chi connectivity index (χ1n) is 7.73. The Hall–Kier alpha value is -1.39. The van der Waals surface area contributed by atoms with Crippen molar-refractivity contribution >= 4 is 5.91 Å². The van der Waals surface area contributed by atoms with Gasteiger partial charge in [0.2, 0.25) is 5.91 Å². The molecule has 0 bridgehead atoms. The molecule has 1 aliphatic rings. The Morgan fingerprint density at radius 2 is 2.14 bits per heavy atom. The number of amides is 1. The first-order valence-corrected chi connectivity index (χ1v) is 7.73. The number of rotatable bonds is 5. The van der Waals surface area contributed by atoms with Crippen LogP contribution in [0.2, 0.25) is 0 Å². The molecule has 2 unspecified atom stereocenters. The molecule has 0 aliphatic carbocycles. The topological polar surface area (TPSA) is 49.6 Å². The predicted octanol–water partition coefficient (Wildman–Crippen LogP) is 1.62. The van der Waals surface area contributed by atoms with Gasteiger partial charge in [-0.05, 0) is 43.9 Å². The minimum atomic E-state index is 0.183. The molecule has 4 heteroatoms. The van der Waals surface area contributed by atoms with E-state index in [2.05, 4.69) is 30.9 Å². The van der Waals surface area contributed by atoms with Gasteiger partial charge in [0.15, 0.2) is 0 Å². The van der Waals surface area contributed by atoms with Gasteiger partial charge in [-0.25, -0.2) is 0 Å². The molecule has 0 saturated carbocycles. The molecule has 1 heterocycles. The van der Waals surface area contributed by atoms with E-state index in [0.29, 0.717) is 31.6 Å². The largest absolute Gasteiger partial charge is 0.340 e. The lowest BCUT2D eigenvalue weighted by molar-refractivity contribution is -0.131. The Morgan fingerprint density at radius 3 is 2.76 bits per heavy atom. The summed E-state index contributed by atoms with van der Waals surface area (Å²) in [5, 5.41) is 0. The van der Waals surface area contributed by atoms with E-state index >= 15 is 0 Å². The van der Waals surface area contributed by atoms with Crippen molar-refractivity contribution in [2.24, 2.45) is 11.7 Å². The first-order chi connectivity index (χ1) is 10.0. The van der Waals surface area contributed by atoms with Crippen LogP contribution in [-0.4, -0.2) is 48.4 Å². The SMILES string of the molecule is Cc1ccccc1CN(C)C(=O)CN1CC(CN)CC1C. The van der Waals surface area contributed by atoms with Gasteiger partial charge >= 0.3 is 0 Å². The third-order valence-corrected chi connectivity index (χ3v) is 4.56. The van der Waals surface area contributed by atoms with Crippen LogP contribution in [0.3, 0.4) is 0 Å². The van der Waals surface area contributed by atoms with E-state index in [4.69, 9.17) is 5.73 Å². The van der Waals surface area contributed by atoms with Gasteiger partial charge in [-0.15, -0.1) is 0 Å². The van der Waals surface area contributed by atoms with Crippen LogP contribution in [0.25, 0.3) is 0 Å². The van der Waals surface area contributed by atoms with E-state index < -0.39 is 0 Å². The fourth-order valence-corrected chi connectivity index (χ4v) is 3.03. The smallest absolute Gasteiger partial charge is 0.236 e. The Balaban J connectivity index is 1.90. The van der Waals surface area contributed by atoms with Crippen LogP contribution in [0.4, 0.5) is 0 Å². The molecule has 0 radical (unpaired) electrons. The molecule has 2 atom stereocenters. The second-order valence-electron chi connectivity index (χ2n) is 6.29. The zero-order chi connectivity index (χ0) is 15.4. The molecule has 2 N–H and O–H groups in total. The molecule has 1 amide bonds. The second-order valence-corrected chi connectivity index (χ2v) is 6.29. The van der Waals surface area contributed by atoms with E-state index in [-0.39, 0.29) is 5.91 Å². The highest BCUT2D eigenvalue weighted by atomic mass is 16.2. The summed E-state index contributed by atoms with van der Waals surface area (Å²) < 4.78 is 0. The average Bonchev–Trinajstić information content (AvgIpc) is 2.82. The third kappa shape index (κ3) is 4.05. The summed E-state index contributed by atoms with van der Waals surface area (Å²) in [7, 11) is 1.88. The minimum absolute atomic E-state index is 0.183. The van der Waals surface area contributed by atoms with Gasteiger partial charge in [-0.3, -0.25) is 9.69 Å². The number of likely N-dealkylation sites (N-methyl/N-ethyl adjacent to an activating group) is 1. The standard InChI is InChI=1S/C17H27N3O/c1-13-6-4-5-7-16(13)11-19(3)17(21)12-20-10-15(9-18)8-14(20)2/h4-7,14-15H,8-12,18H2,1-3H3. The Labute approximate surface area is 127 Å². The number of aryl methyl sites for hydroxylation is 1. The number of carbonyl (C=O) groups is 1. The van der Waals surface area contributed by atoms with Gasteiger partial charge in [-0.2, -0.15) is 0 Å². The molecule has 1 aliphatic heterocycles. The summed E-state index contributed by atoms with van der Waals surface area (Å²) in [6.07, 6.45) is 1.10. The highest BCUT2D eigenvalue weighted by molar-refractivity contribution is 5.78. The molecule has 1 fully saturated rings. The summed E-state index contributed by atoms with van der Waals surface area (Å²) in [6.45, 7) is 7.11. The maximum Gasteiger partial charge on any atom is 0.236 e. The quantitative estimate of drug-likeness (QED) is 0.896. The van der Waals surface area contributed by atoms with Crippen molar-refractivity contribution in [2.45, 2.75) is 32.9 Å². The van der Waals surface area contributed by atoms with Crippen molar-refractivity contribution < 1.29 is 4.79 Å². The highest BCUT2D eigenvalue weighted by Crippen LogP contribution is 2.22. The number of benzene rings is 1. The summed E-state index contributed by atoms with van der Waals surface area (Å²) >= 11 is 0.